The molecule has 3 nitrogen and oxygen atoms in total. The Hall–Kier alpha value is -2.91. The van der Waals surface area contributed by atoms with Gasteiger partial charge >= 0.3 is 0 Å². The van der Waals surface area contributed by atoms with Crippen molar-refractivity contribution in [3.63, 3.8) is 0 Å². The lowest BCUT2D eigenvalue weighted by Gasteiger charge is -2.10. The number of hydrogen-bond acceptors (Lipinski definition) is 2. The van der Waals surface area contributed by atoms with Crippen LogP contribution in [0.1, 0.15) is 5.56 Å². The highest BCUT2D eigenvalue weighted by atomic mass is 16.5. The molecule has 5 aromatic rings. The molecule has 4 heterocycles. The number of nitrogens with zero attached hydrogens (tertiary/aromatic N) is 2. The fraction of sp³-hybridized carbons (Fsp3) is 0.0952. The van der Waals surface area contributed by atoms with Crippen molar-refractivity contribution in [2.75, 3.05) is 6.61 Å². The van der Waals surface area contributed by atoms with Gasteiger partial charge in [0.05, 0.1) is 29.8 Å². The number of benzene rings is 2. The fourth-order valence-electron chi connectivity index (χ4n) is 3.96. The van der Waals surface area contributed by atoms with E-state index >= 15 is 0 Å². The summed E-state index contributed by atoms with van der Waals surface area (Å²) >= 11 is 0. The molecule has 1 aliphatic rings. The quantitative estimate of drug-likeness (QED) is 0.435. The van der Waals surface area contributed by atoms with E-state index in [1.165, 1.54) is 32.3 Å². The van der Waals surface area contributed by atoms with Crippen LogP contribution in [0.2, 0.25) is 0 Å². The molecule has 3 aromatic heterocycles. The van der Waals surface area contributed by atoms with E-state index in [-0.39, 0.29) is 0 Å². The summed E-state index contributed by atoms with van der Waals surface area (Å²) in [6.45, 7) is 1.36. The smallest absolute Gasteiger partial charge is 0.0970 e. The highest BCUT2D eigenvalue weighted by Crippen LogP contribution is 2.33. The minimum Gasteiger partial charge on any atom is -0.373 e. The molecule has 0 fully saturated rings. The molecule has 0 amide bonds. The predicted octanol–water partition coefficient (Wildman–Crippen LogP) is 3.82. The van der Waals surface area contributed by atoms with Crippen LogP contribution in [0.15, 0.2) is 54.9 Å². The minimum atomic E-state index is 0.678. The molecule has 24 heavy (non-hydrogen) atoms. The molecule has 0 saturated carbocycles. The maximum absolute atomic E-state index is 5.55. The molecule has 0 unspecified atom stereocenters. The van der Waals surface area contributed by atoms with Crippen LogP contribution >= 0.6 is 0 Å². The van der Waals surface area contributed by atoms with E-state index in [1.54, 1.807) is 0 Å². The second-order valence-electron chi connectivity index (χ2n) is 6.45. The van der Waals surface area contributed by atoms with Crippen LogP contribution in [-0.2, 0) is 11.3 Å². The van der Waals surface area contributed by atoms with Crippen molar-refractivity contribution >= 4 is 44.2 Å². The van der Waals surface area contributed by atoms with E-state index in [1.807, 2.05) is 0 Å². The van der Waals surface area contributed by atoms with Crippen molar-refractivity contribution < 1.29 is 4.74 Å². The monoisotopic (exact) mass is 310 g/mol. The number of rotatable bonds is 0. The van der Waals surface area contributed by atoms with E-state index in [2.05, 4.69) is 65.3 Å². The van der Waals surface area contributed by atoms with Crippen LogP contribution in [0.5, 0.6) is 0 Å². The summed E-state index contributed by atoms with van der Waals surface area (Å²) in [5.74, 6) is 0. The van der Waals surface area contributed by atoms with Crippen LogP contribution in [0.25, 0.3) is 44.2 Å². The van der Waals surface area contributed by atoms with Gasteiger partial charge in [-0.15, -0.1) is 0 Å². The SMILES string of the molecule is C1=c2cc3c4nc5cccc6cccc(c4cn3cc2COC1)c65. The van der Waals surface area contributed by atoms with Gasteiger partial charge in [0.2, 0.25) is 0 Å². The van der Waals surface area contributed by atoms with Gasteiger partial charge in [0.25, 0.3) is 0 Å². The average Bonchev–Trinajstić information content (AvgIpc) is 2.98. The Kier molecular flexibility index (Phi) is 2.26. The molecule has 0 aliphatic carbocycles. The zero-order chi connectivity index (χ0) is 15.7. The van der Waals surface area contributed by atoms with Gasteiger partial charge in [-0.05, 0) is 28.1 Å². The molecule has 0 bridgehead atoms. The van der Waals surface area contributed by atoms with Crippen LogP contribution < -0.4 is 5.22 Å². The third kappa shape index (κ3) is 1.52. The van der Waals surface area contributed by atoms with Crippen molar-refractivity contribution in [2.45, 2.75) is 6.61 Å². The first-order valence-corrected chi connectivity index (χ1v) is 8.21. The number of aromatic nitrogens is 2. The number of hydrogen-bond donors (Lipinski definition) is 0. The van der Waals surface area contributed by atoms with Gasteiger partial charge in [-0.3, -0.25) is 0 Å². The highest BCUT2D eigenvalue weighted by molar-refractivity contribution is 6.21. The van der Waals surface area contributed by atoms with Gasteiger partial charge in [-0.25, -0.2) is 4.98 Å². The number of pyridine rings is 2. The van der Waals surface area contributed by atoms with E-state index in [0.29, 0.717) is 13.2 Å². The van der Waals surface area contributed by atoms with E-state index in [0.717, 1.165) is 16.6 Å². The molecular weight excluding hydrogens is 296 g/mol. The normalized spacial score (nSPS) is 14.5. The van der Waals surface area contributed by atoms with Gasteiger partial charge in [0.1, 0.15) is 0 Å². The van der Waals surface area contributed by atoms with Gasteiger partial charge in [-0.1, -0.05) is 36.4 Å². The molecule has 3 heteroatoms. The molecule has 0 atom stereocenters. The predicted molar refractivity (Wildman–Crippen MR) is 97.0 cm³/mol. The molecule has 2 aromatic carbocycles. The number of ether oxygens (including phenoxy) is 1. The second-order valence-corrected chi connectivity index (χ2v) is 6.45. The Labute approximate surface area is 137 Å². The van der Waals surface area contributed by atoms with Crippen molar-refractivity contribution in [3.05, 3.63) is 65.6 Å². The first kappa shape index (κ1) is 12.5. The lowest BCUT2D eigenvalue weighted by atomic mass is 10.0. The van der Waals surface area contributed by atoms with Gasteiger partial charge in [0, 0.05) is 28.7 Å². The van der Waals surface area contributed by atoms with Crippen LogP contribution in [0.3, 0.4) is 0 Å². The van der Waals surface area contributed by atoms with Crippen molar-refractivity contribution in [1.82, 2.24) is 9.38 Å². The zero-order valence-electron chi connectivity index (χ0n) is 13.0. The minimum absolute atomic E-state index is 0.678. The first-order valence-electron chi connectivity index (χ1n) is 8.21. The Bertz CT molecular complexity index is 1330. The first-order chi connectivity index (χ1) is 11.9. The summed E-state index contributed by atoms with van der Waals surface area (Å²) in [4.78, 5) is 5.00. The summed E-state index contributed by atoms with van der Waals surface area (Å²) in [6.07, 6.45) is 6.53. The summed E-state index contributed by atoms with van der Waals surface area (Å²) < 4.78 is 7.75. The standard InChI is InChI=1S/C21H14N2O/c1-3-13-4-2-6-18-20(13)16(5-1)17-11-23-10-15-12-24-8-7-14(15)9-19(23)21(17)22-18/h1-7,9-11H,8,12H2. The molecular formula is C21H14N2O. The van der Waals surface area contributed by atoms with Gasteiger partial charge in [-0.2, -0.15) is 0 Å². The Morgan fingerprint density at radius 1 is 1.00 bits per heavy atom. The Morgan fingerprint density at radius 3 is 2.88 bits per heavy atom. The Balaban J connectivity index is 1.89. The van der Waals surface area contributed by atoms with Crippen LogP contribution in [-0.4, -0.2) is 16.0 Å². The lowest BCUT2D eigenvalue weighted by molar-refractivity contribution is 0.150. The summed E-state index contributed by atoms with van der Waals surface area (Å²) in [5, 5.41) is 6.25. The second kappa shape index (κ2) is 4.34. The highest BCUT2D eigenvalue weighted by Gasteiger charge is 2.13. The Morgan fingerprint density at radius 2 is 1.92 bits per heavy atom. The van der Waals surface area contributed by atoms with Crippen LogP contribution in [0.4, 0.5) is 0 Å². The summed E-state index contributed by atoms with van der Waals surface area (Å²) in [5.41, 5.74) is 4.53. The molecule has 114 valence electrons. The summed E-state index contributed by atoms with van der Waals surface area (Å²) in [6, 6.07) is 15.1. The third-order valence-corrected chi connectivity index (χ3v) is 5.09. The third-order valence-electron chi connectivity index (χ3n) is 5.09. The largest absolute Gasteiger partial charge is 0.373 e. The maximum atomic E-state index is 5.55. The molecule has 0 N–H and O–H groups in total. The van der Waals surface area contributed by atoms with E-state index in [4.69, 9.17) is 9.72 Å². The lowest BCUT2D eigenvalue weighted by Crippen LogP contribution is -2.17. The summed E-state index contributed by atoms with van der Waals surface area (Å²) in [7, 11) is 0. The van der Waals surface area contributed by atoms with E-state index < -0.39 is 0 Å². The maximum Gasteiger partial charge on any atom is 0.0970 e. The van der Waals surface area contributed by atoms with Crippen molar-refractivity contribution in [3.8, 4) is 0 Å². The number of fused-ring (bicyclic) bond motifs is 5. The zero-order valence-corrected chi connectivity index (χ0v) is 13.0. The molecule has 6 rings (SSSR count). The average molecular weight is 310 g/mol. The van der Waals surface area contributed by atoms with Crippen molar-refractivity contribution in [2.24, 2.45) is 0 Å². The topological polar surface area (TPSA) is 26.5 Å². The molecule has 0 saturated heterocycles. The molecule has 1 aliphatic heterocycles. The van der Waals surface area contributed by atoms with Gasteiger partial charge < -0.3 is 9.14 Å². The van der Waals surface area contributed by atoms with E-state index in [9.17, 15) is 0 Å². The fourth-order valence-corrected chi connectivity index (χ4v) is 3.96. The van der Waals surface area contributed by atoms with Crippen LogP contribution in [0, 0.1) is 0 Å². The van der Waals surface area contributed by atoms with Gasteiger partial charge in [0.15, 0.2) is 0 Å². The molecule has 0 spiro atoms. The van der Waals surface area contributed by atoms with Crippen molar-refractivity contribution in [1.29, 1.82) is 0 Å². The molecule has 0 radical (unpaired) electrons.